The van der Waals surface area contributed by atoms with Crippen molar-refractivity contribution in [2.45, 2.75) is 32.2 Å². The number of carbonyl (C=O) groups excluding carboxylic acids is 1. The molecule has 1 aromatic carbocycles. The molecule has 0 saturated heterocycles. The van der Waals surface area contributed by atoms with Gasteiger partial charge in [0.25, 0.3) is 0 Å². The van der Waals surface area contributed by atoms with Gasteiger partial charge in [-0.2, -0.15) is 0 Å². The zero-order valence-electron chi connectivity index (χ0n) is 11.3. The lowest BCUT2D eigenvalue weighted by Gasteiger charge is -2.27. The maximum Gasteiger partial charge on any atom is 0.223 e. The molecule has 0 fully saturated rings. The third-order valence-corrected chi connectivity index (χ3v) is 3.46. The van der Waals surface area contributed by atoms with Crippen LogP contribution in [0.4, 0.5) is 0 Å². The van der Waals surface area contributed by atoms with Gasteiger partial charge >= 0.3 is 0 Å². The van der Waals surface area contributed by atoms with Crippen molar-refractivity contribution in [2.24, 2.45) is 0 Å². The fourth-order valence-corrected chi connectivity index (χ4v) is 1.84. The molecule has 1 amide bonds. The first-order valence-corrected chi connectivity index (χ1v) is 7.08. The molecule has 1 rings (SSSR count). The average Bonchev–Trinajstić information content (AvgIpc) is 2.38. The van der Waals surface area contributed by atoms with Crippen molar-refractivity contribution in [3.8, 4) is 5.75 Å². The van der Waals surface area contributed by atoms with E-state index >= 15 is 0 Å². The second kappa shape index (κ2) is 7.50. The fourth-order valence-electron chi connectivity index (χ4n) is 1.46. The molecule has 19 heavy (non-hydrogen) atoms. The summed E-state index contributed by atoms with van der Waals surface area (Å²) in [5, 5.41) is 12.0. The Morgan fingerprint density at radius 1 is 1.53 bits per heavy atom. The van der Waals surface area contributed by atoms with Gasteiger partial charge in [-0.1, -0.05) is 28.9 Å². The number of aliphatic hydroxyl groups excluding tert-OH is 1. The number of carbonyl (C=O) groups is 1. The maximum absolute atomic E-state index is 11.7. The fraction of sp³-hybridized carbons (Fsp3) is 0.500. The minimum Gasteiger partial charge on any atom is -0.493 e. The Kier molecular flexibility index (Phi) is 6.31. The lowest BCUT2D eigenvalue weighted by Crippen LogP contribution is -2.48. The van der Waals surface area contributed by atoms with Crippen LogP contribution in [0, 0.1) is 0 Å². The topological polar surface area (TPSA) is 58.6 Å². The molecule has 0 aliphatic rings. The van der Waals surface area contributed by atoms with E-state index in [9.17, 15) is 9.90 Å². The molecule has 0 spiro atoms. The smallest absolute Gasteiger partial charge is 0.223 e. The Morgan fingerprint density at radius 2 is 2.26 bits per heavy atom. The Morgan fingerprint density at radius 3 is 2.84 bits per heavy atom. The van der Waals surface area contributed by atoms with Gasteiger partial charge in [-0.05, 0) is 31.5 Å². The van der Waals surface area contributed by atoms with Crippen molar-refractivity contribution in [3.05, 3.63) is 28.7 Å². The van der Waals surface area contributed by atoms with Gasteiger partial charge in [0.1, 0.15) is 5.75 Å². The second-order valence-corrected chi connectivity index (χ2v) is 5.59. The summed E-state index contributed by atoms with van der Waals surface area (Å²) in [6, 6.07) is 7.47. The number of rotatable bonds is 7. The normalized spacial score (nSPS) is 13.7. The summed E-state index contributed by atoms with van der Waals surface area (Å²) in [4.78, 5) is 11.7. The molecule has 1 unspecified atom stereocenters. The van der Waals surface area contributed by atoms with Gasteiger partial charge in [-0.15, -0.1) is 0 Å². The first-order valence-electron chi connectivity index (χ1n) is 6.29. The number of benzene rings is 1. The monoisotopic (exact) mass is 329 g/mol. The van der Waals surface area contributed by atoms with E-state index < -0.39 is 5.54 Å². The number of ether oxygens (including phenoxy) is 1. The highest BCUT2D eigenvalue weighted by molar-refractivity contribution is 9.10. The molecule has 0 saturated carbocycles. The van der Waals surface area contributed by atoms with E-state index in [1.54, 1.807) is 0 Å². The molecule has 1 atom stereocenters. The first kappa shape index (κ1) is 16.0. The quantitative estimate of drug-likeness (QED) is 0.808. The summed E-state index contributed by atoms with van der Waals surface area (Å²) in [5.74, 6) is 0.607. The summed E-state index contributed by atoms with van der Waals surface area (Å²) in [6.07, 6.45) is 0.948. The summed E-state index contributed by atoms with van der Waals surface area (Å²) >= 11 is 3.35. The van der Waals surface area contributed by atoms with Crippen molar-refractivity contribution < 1.29 is 14.6 Å². The van der Waals surface area contributed by atoms with E-state index in [1.165, 1.54) is 0 Å². The first-order chi connectivity index (χ1) is 8.99. The summed E-state index contributed by atoms with van der Waals surface area (Å²) < 4.78 is 6.42. The number of amides is 1. The Hall–Kier alpha value is -1.07. The molecule has 0 aromatic heterocycles. The van der Waals surface area contributed by atoms with Gasteiger partial charge in [-0.3, -0.25) is 4.79 Å². The van der Waals surface area contributed by atoms with E-state index in [2.05, 4.69) is 21.2 Å². The van der Waals surface area contributed by atoms with Crippen LogP contribution in [-0.2, 0) is 4.79 Å². The van der Waals surface area contributed by atoms with Crippen LogP contribution in [-0.4, -0.2) is 29.8 Å². The number of hydrogen-bond donors (Lipinski definition) is 2. The van der Waals surface area contributed by atoms with Crippen LogP contribution in [0.1, 0.15) is 26.7 Å². The highest BCUT2D eigenvalue weighted by Gasteiger charge is 2.22. The van der Waals surface area contributed by atoms with E-state index in [1.807, 2.05) is 38.1 Å². The SMILES string of the molecule is CCC(C)(CO)NC(=O)CCOc1cccc(Br)c1. The molecule has 0 aliphatic heterocycles. The van der Waals surface area contributed by atoms with Gasteiger partial charge in [0, 0.05) is 4.47 Å². The van der Waals surface area contributed by atoms with Gasteiger partial charge in [0.2, 0.25) is 5.91 Å². The van der Waals surface area contributed by atoms with Crippen LogP contribution < -0.4 is 10.1 Å². The lowest BCUT2D eigenvalue weighted by molar-refractivity contribution is -0.123. The van der Waals surface area contributed by atoms with Crippen LogP contribution in [0.2, 0.25) is 0 Å². The van der Waals surface area contributed by atoms with E-state index in [0.29, 0.717) is 13.0 Å². The van der Waals surface area contributed by atoms with Crippen LogP contribution in [0.15, 0.2) is 28.7 Å². The minimum absolute atomic E-state index is 0.0677. The molecule has 1 aromatic rings. The van der Waals surface area contributed by atoms with E-state index in [4.69, 9.17) is 4.74 Å². The molecule has 0 bridgehead atoms. The maximum atomic E-state index is 11.7. The standard InChI is InChI=1S/C14H20BrNO3/c1-3-14(2,10-17)16-13(18)7-8-19-12-6-4-5-11(15)9-12/h4-6,9,17H,3,7-8,10H2,1-2H3,(H,16,18). The number of nitrogens with one attached hydrogen (secondary N) is 1. The molecule has 5 heteroatoms. The summed E-state index contributed by atoms with van der Waals surface area (Å²) in [6.45, 7) is 3.99. The third kappa shape index (κ3) is 5.61. The third-order valence-electron chi connectivity index (χ3n) is 2.96. The Balaban J connectivity index is 2.35. The predicted molar refractivity (Wildman–Crippen MR) is 78.2 cm³/mol. The van der Waals surface area contributed by atoms with Crippen molar-refractivity contribution in [1.29, 1.82) is 0 Å². The van der Waals surface area contributed by atoms with Crippen molar-refractivity contribution in [2.75, 3.05) is 13.2 Å². The predicted octanol–water partition coefficient (Wildman–Crippen LogP) is 2.50. The molecular formula is C14H20BrNO3. The van der Waals surface area contributed by atoms with Crippen LogP contribution in [0.5, 0.6) is 5.75 Å². The van der Waals surface area contributed by atoms with Crippen molar-refractivity contribution in [1.82, 2.24) is 5.32 Å². The second-order valence-electron chi connectivity index (χ2n) is 4.68. The van der Waals surface area contributed by atoms with Crippen LogP contribution in [0.25, 0.3) is 0 Å². The minimum atomic E-state index is -0.549. The van der Waals surface area contributed by atoms with Crippen molar-refractivity contribution >= 4 is 21.8 Å². The molecule has 0 heterocycles. The number of hydrogen-bond acceptors (Lipinski definition) is 3. The zero-order valence-corrected chi connectivity index (χ0v) is 12.9. The van der Waals surface area contributed by atoms with Gasteiger partial charge in [0.05, 0.1) is 25.2 Å². The Labute approximate surface area is 122 Å². The van der Waals surface area contributed by atoms with Gasteiger partial charge in [0.15, 0.2) is 0 Å². The largest absolute Gasteiger partial charge is 0.493 e. The molecule has 0 aliphatic carbocycles. The summed E-state index contributed by atoms with van der Waals surface area (Å²) in [7, 11) is 0. The van der Waals surface area contributed by atoms with E-state index in [0.717, 1.165) is 10.2 Å². The highest BCUT2D eigenvalue weighted by Crippen LogP contribution is 2.17. The highest BCUT2D eigenvalue weighted by atomic mass is 79.9. The van der Waals surface area contributed by atoms with E-state index in [-0.39, 0.29) is 18.9 Å². The molecule has 0 radical (unpaired) electrons. The Bertz CT molecular complexity index is 419. The van der Waals surface area contributed by atoms with Gasteiger partial charge < -0.3 is 15.2 Å². The number of halogens is 1. The summed E-state index contributed by atoms with van der Waals surface area (Å²) in [5.41, 5.74) is -0.549. The van der Waals surface area contributed by atoms with Gasteiger partial charge in [-0.25, -0.2) is 0 Å². The zero-order chi connectivity index (χ0) is 14.3. The molecular weight excluding hydrogens is 310 g/mol. The lowest BCUT2D eigenvalue weighted by atomic mass is 10.0. The molecule has 106 valence electrons. The molecule has 4 nitrogen and oxygen atoms in total. The average molecular weight is 330 g/mol. The van der Waals surface area contributed by atoms with Crippen LogP contribution in [0.3, 0.4) is 0 Å². The number of aliphatic hydroxyl groups is 1. The molecule has 2 N–H and O–H groups in total. The van der Waals surface area contributed by atoms with Crippen molar-refractivity contribution in [3.63, 3.8) is 0 Å². The van der Waals surface area contributed by atoms with Crippen LogP contribution >= 0.6 is 15.9 Å².